The molecule has 0 aromatic heterocycles. The van der Waals surface area contributed by atoms with Crippen molar-refractivity contribution in [1.29, 1.82) is 0 Å². The van der Waals surface area contributed by atoms with E-state index in [1.807, 2.05) is 18.2 Å². The Morgan fingerprint density at radius 1 is 1.53 bits per heavy atom. The van der Waals surface area contributed by atoms with Crippen LogP contribution in [0.2, 0.25) is 0 Å². The Hall–Kier alpha value is -2.30. The monoisotopic (exact) mass is 231 g/mol. The smallest absolute Gasteiger partial charge is 0.310 e. The van der Waals surface area contributed by atoms with Crippen molar-refractivity contribution in [1.82, 2.24) is 5.43 Å². The van der Waals surface area contributed by atoms with Crippen molar-refractivity contribution in [3.05, 3.63) is 42.1 Å². The number of carboxylic acid groups (broad SMARTS) is 1. The van der Waals surface area contributed by atoms with E-state index in [0.717, 1.165) is 11.3 Å². The molecule has 1 unspecified atom stereocenters. The van der Waals surface area contributed by atoms with Crippen molar-refractivity contribution in [3.63, 3.8) is 0 Å². The van der Waals surface area contributed by atoms with Crippen LogP contribution in [0.5, 0.6) is 0 Å². The highest BCUT2D eigenvalue weighted by atomic mass is 16.4. The molecule has 0 fully saturated rings. The largest absolute Gasteiger partial charge is 0.481 e. The first-order valence-electron chi connectivity index (χ1n) is 5.26. The summed E-state index contributed by atoms with van der Waals surface area (Å²) in [7, 11) is 0. The van der Waals surface area contributed by atoms with Crippen LogP contribution < -0.4 is 10.5 Å². The molecule has 0 amide bonds. The lowest BCUT2D eigenvalue weighted by atomic mass is 10.0. The fourth-order valence-electron chi connectivity index (χ4n) is 1.50. The Morgan fingerprint density at radius 3 is 3.00 bits per heavy atom. The van der Waals surface area contributed by atoms with Gasteiger partial charge in [-0.1, -0.05) is 12.1 Å². The molecule has 0 saturated heterocycles. The van der Waals surface area contributed by atoms with Crippen LogP contribution in [0.4, 0.5) is 5.69 Å². The van der Waals surface area contributed by atoms with Crippen LogP contribution >= 0.6 is 0 Å². The van der Waals surface area contributed by atoms with Crippen molar-refractivity contribution in [3.8, 4) is 0 Å². The molecule has 0 aliphatic carbocycles. The van der Waals surface area contributed by atoms with Gasteiger partial charge in [0.15, 0.2) is 0 Å². The predicted octanol–water partition coefficient (Wildman–Crippen LogP) is 1.70. The summed E-state index contributed by atoms with van der Waals surface area (Å²) >= 11 is 0. The summed E-state index contributed by atoms with van der Waals surface area (Å²) in [6.45, 7) is 1.66. The van der Waals surface area contributed by atoms with Gasteiger partial charge in [-0.3, -0.25) is 10.2 Å². The van der Waals surface area contributed by atoms with Crippen LogP contribution in [-0.2, 0) is 4.79 Å². The maximum absolute atomic E-state index is 10.9. The number of anilines is 1. The first kappa shape index (κ1) is 11.2. The zero-order valence-electron chi connectivity index (χ0n) is 9.37. The highest BCUT2D eigenvalue weighted by molar-refractivity contribution is 5.76. The van der Waals surface area contributed by atoms with Crippen LogP contribution in [0.25, 0.3) is 0 Å². The molecule has 1 atom stereocenters. The zero-order chi connectivity index (χ0) is 12.3. The molecule has 1 aromatic carbocycles. The molecule has 88 valence electrons. The van der Waals surface area contributed by atoms with Gasteiger partial charge in [0, 0.05) is 6.20 Å². The molecule has 17 heavy (non-hydrogen) atoms. The van der Waals surface area contributed by atoms with E-state index >= 15 is 0 Å². The van der Waals surface area contributed by atoms with Crippen molar-refractivity contribution in [2.75, 3.05) is 5.12 Å². The summed E-state index contributed by atoms with van der Waals surface area (Å²) < 4.78 is 0. The van der Waals surface area contributed by atoms with Gasteiger partial charge in [-0.25, -0.2) is 0 Å². The highest BCUT2D eigenvalue weighted by Gasteiger charge is 2.15. The maximum atomic E-state index is 10.9. The number of carboxylic acids is 1. The van der Waals surface area contributed by atoms with Gasteiger partial charge in [0.1, 0.15) is 0 Å². The molecule has 1 aliphatic heterocycles. The standard InChI is InChI=1S/C12H13N3O2/c1-9(12(16)17)10-4-2-5-11(8-10)15-13-6-3-7-14-15/h2-9,13H,1H3,(H,16,17). The Kier molecular flexibility index (Phi) is 3.09. The number of aliphatic carboxylic acids is 1. The SMILES string of the molecule is CC(C(=O)O)c1cccc(N2N=CC=CN2)c1. The number of hydrogen-bond acceptors (Lipinski definition) is 4. The van der Waals surface area contributed by atoms with Gasteiger partial charge >= 0.3 is 5.97 Å². The Morgan fingerprint density at radius 2 is 2.35 bits per heavy atom. The van der Waals surface area contributed by atoms with Crippen molar-refractivity contribution in [2.45, 2.75) is 12.8 Å². The Bertz CT molecular complexity index is 482. The number of hydrogen-bond donors (Lipinski definition) is 2. The zero-order valence-corrected chi connectivity index (χ0v) is 9.37. The molecule has 1 aliphatic rings. The number of allylic oxidation sites excluding steroid dienone is 1. The predicted molar refractivity (Wildman–Crippen MR) is 65.7 cm³/mol. The molecule has 0 saturated carbocycles. The van der Waals surface area contributed by atoms with Gasteiger partial charge in [-0.05, 0) is 30.7 Å². The molecular weight excluding hydrogens is 218 g/mol. The van der Waals surface area contributed by atoms with Crippen LogP contribution in [0, 0.1) is 0 Å². The number of rotatable bonds is 3. The summed E-state index contributed by atoms with van der Waals surface area (Å²) in [5.74, 6) is -1.36. The second-order valence-corrected chi connectivity index (χ2v) is 3.72. The summed E-state index contributed by atoms with van der Waals surface area (Å²) in [6, 6.07) is 7.29. The first-order chi connectivity index (χ1) is 8.18. The minimum atomic E-state index is -0.836. The number of hydrazine groups is 1. The molecule has 5 nitrogen and oxygen atoms in total. The van der Waals surface area contributed by atoms with Crippen LogP contribution in [0.1, 0.15) is 18.4 Å². The van der Waals surface area contributed by atoms with Crippen LogP contribution in [0.15, 0.2) is 41.6 Å². The third-order valence-electron chi connectivity index (χ3n) is 2.55. The van der Waals surface area contributed by atoms with Crippen molar-refractivity contribution in [2.24, 2.45) is 5.10 Å². The summed E-state index contributed by atoms with van der Waals surface area (Å²) in [5, 5.41) is 14.7. The lowest BCUT2D eigenvalue weighted by Crippen LogP contribution is -2.30. The molecule has 1 aromatic rings. The molecular formula is C12H13N3O2. The second kappa shape index (κ2) is 4.69. The first-order valence-corrected chi connectivity index (χ1v) is 5.26. The summed E-state index contributed by atoms with van der Waals surface area (Å²) in [5.41, 5.74) is 4.49. The molecule has 0 bridgehead atoms. The molecule has 0 spiro atoms. The fraction of sp³-hybridized carbons (Fsp3) is 0.167. The van der Waals surface area contributed by atoms with Gasteiger partial charge in [0.05, 0.1) is 17.8 Å². The summed E-state index contributed by atoms with van der Waals surface area (Å²) in [6.07, 6.45) is 5.18. The van der Waals surface area contributed by atoms with E-state index in [0.29, 0.717) is 0 Å². The van der Waals surface area contributed by atoms with E-state index in [4.69, 9.17) is 5.11 Å². The van der Waals surface area contributed by atoms with E-state index in [-0.39, 0.29) is 0 Å². The van der Waals surface area contributed by atoms with Crippen LogP contribution in [-0.4, -0.2) is 17.3 Å². The minimum Gasteiger partial charge on any atom is -0.481 e. The quantitative estimate of drug-likeness (QED) is 0.831. The van der Waals surface area contributed by atoms with Gasteiger partial charge in [-0.15, -0.1) is 0 Å². The molecule has 0 radical (unpaired) electrons. The Labute approximate surface area is 99.0 Å². The number of benzene rings is 1. The topological polar surface area (TPSA) is 64.9 Å². The fourth-order valence-corrected chi connectivity index (χ4v) is 1.50. The average molecular weight is 231 g/mol. The summed E-state index contributed by atoms with van der Waals surface area (Å²) in [4.78, 5) is 10.9. The van der Waals surface area contributed by atoms with Crippen LogP contribution in [0.3, 0.4) is 0 Å². The molecule has 2 N–H and O–H groups in total. The van der Waals surface area contributed by atoms with Gasteiger partial charge in [0.2, 0.25) is 0 Å². The maximum Gasteiger partial charge on any atom is 0.310 e. The average Bonchev–Trinajstić information content (AvgIpc) is 2.39. The van der Waals surface area contributed by atoms with E-state index in [9.17, 15) is 4.79 Å². The normalized spacial score (nSPS) is 15.5. The number of nitrogens with one attached hydrogen (secondary N) is 1. The van der Waals surface area contributed by atoms with Gasteiger partial charge in [0.25, 0.3) is 0 Å². The van der Waals surface area contributed by atoms with Crippen molar-refractivity contribution < 1.29 is 9.90 Å². The highest BCUT2D eigenvalue weighted by Crippen LogP contribution is 2.21. The number of carbonyl (C=O) groups is 1. The number of nitrogens with zero attached hydrogens (tertiary/aromatic N) is 2. The second-order valence-electron chi connectivity index (χ2n) is 3.72. The lowest BCUT2D eigenvalue weighted by molar-refractivity contribution is -0.138. The molecule has 5 heteroatoms. The third kappa shape index (κ3) is 2.44. The minimum absolute atomic E-state index is 0.528. The van der Waals surface area contributed by atoms with E-state index in [2.05, 4.69) is 10.5 Å². The van der Waals surface area contributed by atoms with E-state index < -0.39 is 11.9 Å². The lowest BCUT2D eigenvalue weighted by Gasteiger charge is -2.21. The van der Waals surface area contributed by atoms with Crippen molar-refractivity contribution >= 4 is 17.9 Å². The third-order valence-corrected chi connectivity index (χ3v) is 2.55. The van der Waals surface area contributed by atoms with E-state index in [1.54, 1.807) is 36.6 Å². The van der Waals surface area contributed by atoms with Gasteiger partial charge < -0.3 is 5.11 Å². The number of hydrazone groups is 1. The van der Waals surface area contributed by atoms with Gasteiger partial charge in [-0.2, -0.15) is 10.2 Å². The molecule has 2 rings (SSSR count). The van der Waals surface area contributed by atoms with E-state index in [1.165, 1.54) is 0 Å². The Balaban J connectivity index is 2.25. The molecule has 1 heterocycles.